The Balaban J connectivity index is 2.61. The van der Waals surface area contributed by atoms with Gasteiger partial charge in [-0.25, -0.2) is 4.79 Å². The molecule has 2 heteroatoms. The second-order valence-corrected chi connectivity index (χ2v) is 3.81. The van der Waals surface area contributed by atoms with Crippen molar-refractivity contribution in [3.05, 3.63) is 12.2 Å². The van der Waals surface area contributed by atoms with Crippen molar-refractivity contribution < 1.29 is 9.53 Å². The monoisotopic (exact) mass is 182 g/mol. The van der Waals surface area contributed by atoms with Crippen molar-refractivity contribution in [2.75, 3.05) is 0 Å². The van der Waals surface area contributed by atoms with E-state index in [1.54, 1.807) is 0 Å². The Bertz CT molecular complexity index is 202. The molecule has 1 heterocycles. The smallest absolute Gasteiger partial charge is 0.334 e. The van der Waals surface area contributed by atoms with Gasteiger partial charge in [-0.3, -0.25) is 0 Å². The number of cyclic esters (lactones) is 1. The highest BCUT2D eigenvalue weighted by atomic mass is 16.6. The van der Waals surface area contributed by atoms with Gasteiger partial charge in [-0.05, 0) is 19.3 Å². The van der Waals surface area contributed by atoms with Crippen molar-refractivity contribution >= 4 is 5.97 Å². The number of rotatable bonds is 4. The molecule has 13 heavy (non-hydrogen) atoms. The van der Waals surface area contributed by atoms with E-state index in [9.17, 15) is 4.79 Å². The Morgan fingerprint density at radius 1 is 1.54 bits per heavy atom. The molecule has 0 N–H and O–H groups in total. The average Bonchev–Trinajstić information content (AvgIpc) is 2.40. The Hall–Kier alpha value is -0.790. The summed E-state index contributed by atoms with van der Waals surface area (Å²) in [6, 6.07) is 0. The first-order valence-corrected chi connectivity index (χ1v) is 5.04. The first kappa shape index (κ1) is 10.3. The molecule has 1 aliphatic heterocycles. The zero-order valence-electron chi connectivity index (χ0n) is 8.56. The molecule has 0 aromatic rings. The van der Waals surface area contributed by atoms with Gasteiger partial charge in [0, 0.05) is 12.0 Å². The predicted octanol–water partition coefficient (Wildman–Crippen LogP) is 2.83. The van der Waals surface area contributed by atoms with Gasteiger partial charge >= 0.3 is 5.97 Å². The molecule has 0 aromatic heterocycles. The average molecular weight is 182 g/mol. The number of hydrogen-bond acceptors (Lipinski definition) is 2. The van der Waals surface area contributed by atoms with E-state index in [0.717, 1.165) is 32.1 Å². The van der Waals surface area contributed by atoms with E-state index in [1.807, 2.05) is 0 Å². The van der Waals surface area contributed by atoms with Crippen LogP contribution in [0, 0.1) is 0 Å². The Labute approximate surface area is 80.0 Å². The van der Waals surface area contributed by atoms with Gasteiger partial charge < -0.3 is 4.74 Å². The maximum absolute atomic E-state index is 11.2. The van der Waals surface area contributed by atoms with E-state index in [2.05, 4.69) is 20.4 Å². The number of ether oxygens (including phenoxy) is 1. The maximum atomic E-state index is 11.2. The Morgan fingerprint density at radius 3 is 2.62 bits per heavy atom. The summed E-state index contributed by atoms with van der Waals surface area (Å²) in [5, 5.41) is 0. The molecule has 1 aliphatic rings. The van der Waals surface area contributed by atoms with Crippen LogP contribution in [0.5, 0.6) is 0 Å². The van der Waals surface area contributed by atoms with E-state index < -0.39 is 0 Å². The van der Waals surface area contributed by atoms with Crippen LogP contribution in [-0.2, 0) is 9.53 Å². The summed E-state index contributed by atoms with van der Waals surface area (Å²) in [5.41, 5.74) is 0.419. The zero-order chi connectivity index (χ0) is 9.90. The van der Waals surface area contributed by atoms with Crippen LogP contribution >= 0.6 is 0 Å². The Morgan fingerprint density at radius 2 is 2.23 bits per heavy atom. The van der Waals surface area contributed by atoms with Crippen LogP contribution in [0.2, 0.25) is 0 Å². The van der Waals surface area contributed by atoms with Gasteiger partial charge in [0.15, 0.2) is 0 Å². The molecular weight excluding hydrogens is 164 g/mol. The summed E-state index contributed by atoms with van der Waals surface area (Å²) in [6.07, 6.45) is 4.87. The van der Waals surface area contributed by atoms with Gasteiger partial charge in [-0.1, -0.05) is 26.8 Å². The summed E-state index contributed by atoms with van der Waals surface area (Å²) >= 11 is 0. The minimum Gasteiger partial charge on any atom is -0.455 e. The summed E-state index contributed by atoms with van der Waals surface area (Å²) < 4.78 is 5.37. The molecule has 0 aliphatic carbocycles. The minimum atomic E-state index is -0.218. The number of carbonyl (C=O) groups is 1. The van der Waals surface area contributed by atoms with E-state index in [1.165, 1.54) is 0 Å². The molecule has 1 fully saturated rings. The molecule has 2 nitrogen and oxygen atoms in total. The summed E-state index contributed by atoms with van der Waals surface area (Å²) in [6.45, 7) is 7.93. The largest absolute Gasteiger partial charge is 0.455 e. The molecule has 74 valence electrons. The van der Waals surface area contributed by atoms with E-state index >= 15 is 0 Å². The van der Waals surface area contributed by atoms with E-state index in [-0.39, 0.29) is 11.6 Å². The van der Waals surface area contributed by atoms with Gasteiger partial charge in [0.05, 0.1) is 0 Å². The standard InChI is InChI=1S/C11H18O2/c1-4-6-7-11(5-2)8-9(3)10(12)13-11/h3-8H2,1-2H3. The lowest BCUT2D eigenvalue weighted by atomic mass is 9.90. The van der Waals surface area contributed by atoms with Crippen LogP contribution in [0.3, 0.4) is 0 Å². The quantitative estimate of drug-likeness (QED) is 0.493. The zero-order valence-corrected chi connectivity index (χ0v) is 8.56. The molecule has 0 aromatic carbocycles. The number of unbranched alkanes of at least 4 members (excludes halogenated alkanes) is 1. The van der Waals surface area contributed by atoms with Crippen LogP contribution in [-0.4, -0.2) is 11.6 Å². The van der Waals surface area contributed by atoms with E-state index in [4.69, 9.17) is 4.74 Å². The molecular formula is C11H18O2. The second-order valence-electron chi connectivity index (χ2n) is 3.81. The first-order valence-electron chi connectivity index (χ1n) is 5.04. The fourth-order valence-electron chi connectivity index (χ4n) is 1.78. The lowest BCUT2D eigenvalue weighted by Gasteiger charge is -2.25. The maximum Gasteiger partial charge on any atom is 0.334 e. The van der Waals surface area contributed by atoms with Crippen molar-refractivity contribution in [2.45, 2.75) is 51.6 Å². The lowest BCUT2D eigenvalue weighted by molar-refractivity contribution is -0.147. The minimum absolute atomic E-state index is 0.196. The normalized spacial score (nSPS) is 27.8. The molecule has 1 rings (SSSR count). The molecule has 0 amide bonds. The van der Waals surface area contributed by atoms with Gasteiger partial charge in [0.2, 0.25) is 0 Å². The van der Waals surface area contributed by atoms with Gasteiger partial charge in [-0.15, -0.1) is 0 Å². The summed E-state index contributed by atoms with van der Waals surface area (Å²) in [5.74, 6) is -0.196. The second kappa shape index (κ2) is 3.95. The van der Waals surface area contributed by atoms with Crippen LogP contribution in [0.4, 0.5) is 0 Å². The first-order chi connectivity index (χ1) is 6.13. The third-order valence-corrected chi connectivity index (χ3v) is 2.76. The third-order valence-electron chi connectivity index (χ3n) is 2.76. The van der Waals surface area contributed by atoms with Gasteiger partial charge in [0.25, 0.3) is 0 Å². The fourth-order valence-corrected chi connectivity index (χ4v) is 1.78. The Kier molecular flexibility index (Phi) is 3.12. The van der Waals surface area contributed by atoms with Crippen LogP contribution in [0.15, 0.2) is 12.2 Å². The molecule has 1 atom stereocenters. The number of carbonyl (C=O) groups excluding carboxylic acids is 1. The van der Waals surface area contributed by atoms with Crippen molar-refractivity contribution in [1.29, 1.82) is 0 Å². The highest BCUT2D eigenvalue weighted by Crippen LogP contribution is 2.36. The van der Waals surface area contributed by atoms with Crippen molar-refractivity contribution in [3.63, 3.8) is 0 Å². The highest BCUT2D eigenvalue weighted by molar-refractivity contribution is 5.90. The van der Waals surface area contributed by atoms with Crippen molar-refractivity contribution in [1.82, 2.24) is 0 Å². The number of hydrogen-bond donors (Lipinski definition) is 0. The molecule has 0 radical (unpaired) electrons. The molecule has 0 bridgehead atoms. The molecule has 0 saturated carbocycles. The molecule has 1 saturated heterocycles. The predicted molar refractivity (Wildman–Crippen MR) is 52.4 cm³/mol. The van der Waals surface area contributed by atoms with Crippen molar-refractivity contribution in [3.8, 4) is 0 Å². The fraction of sp³-hybridized carbons (Fsp3) is 0.727. The van der Waals surface area contributed by atoms with Crippen LogP contribution in [0.25, 0.3) is 0 Å². The highest BCUT2D eigenvalue weighted by Gasteiger charge is 2.40. The summed E-state index contributed by atoms with van der Waals surface area (Å²) in [7, 11) is 0. The topological polar surface area (TPSA) is 26.3 Å². The molecule has 0 spiro atoms. The van der Waals surface area contributed by atoms with Crippen LogP contribution < -0.4 is 0 Å². The number of esters is 1. The SMILES string of the molecule is C=C1CC(CC)(CCCC)OC1=O. The van der Waals surface area contributed by atoms with Gasteiger partial charge in [-0.2, -0.15) is 0 Å². The lowest BCUT2D eigenvalue weighted by Crippen LogP contribution is -2.27. The van der Waals surface area contributed by atoms with E-state index in [0.29, 0.717) is 5.57 Å². The van der Waals surface area contributed by atoms with Gasteiger partial charge in [0.1, 0.15) is 5.60 Å². The third kappa shape index (κ3) is 2.11. The summed E-state index contributed by atoms with van der Waals surface area (Å²) in [4.78, 5) is 11.2. The van der Waals surface area contributed by atoms with Crippen LogP contribution in [0.1, 0.15) is 46.0 Å². The molecule has 1 unspecified atom stereocenters. The van der Waals surface area contributed by atoms with Crippen molar-refractivity contribution in [2.24, 2.45) is 0 Å².